The highest BCUT2D eigenvalue weighted by Gasteiger charge is 2.12. The minimum Gasteiger partial charge on any atom is -0.324 e. The molecule has 0 aromatic carbocycles. The lowest BCUT2D eigenvalue weighted by Crippen LogP contribution is -2.26. The Hall–Kier alpha value is -0.350. The average Bonchev–Trinajstić information content (AvgIpc) is 1.90. The first-order valence-corrected chi connectivity index (χ1v) is 3.76. The van der Waals surface area contributed by atoms with Crippen molar-refractivity contribution in [2.75, 3.05) is 12.8 Å². The number of carbonyl (C=O) groups excluding carboxylic acids is 2. The quantitative estimate of drug-likeness (QED) is 0.428. The van der Waals surface area contributed by atoms with Crippen LogP contribution in [-0.4, -0.2) is 30.1 Å². The molecule has 0 bridgehead atoms. The molecule has 0 radical (unpaired) electrons. The summed E-state index contributed by atoms with van der Waals surface area (Å²) in [4.78, 5) is 20.6. The molecule has 4 heteroatoms. The van der Waals surface area contributed by atoms with Crippen molar-refractivity contribution in [1.82, 2.24) is 0 Å². The molecule has 0 aliphatic carbocycles. The first-order valence-electron chi connectivity index (χ1n) is 2.47. The largest absolute Gasteiger partial charge is 0.324 e. The number of carbonyl (C=O) groups is 2. The Bertz CT molecular complexity index is 116. The van der Waals surface area contributed by atoms with Crippen molar-refractivity contribution in [2.45, 2.75) is 5.25 Å². The zero-order valence-electron chi connectivity index (χ0n) is 5.16. The van der Waals surface area contributed by atoms with Gasteiger partial charge in [-0.05, 0) is 6.26 Å². The van der Waals surface area contributed by atoms with E-state index in [0.717, 1.165) is 0 Å². The smallest absolute Gasteiger partial charge is 0.166 e. The maximum atomic E-state index is 10.6. The van der Waals surface area contributed by atoms with Crippen molar-refractivity contribution < 1.29 is 9.59 Å². The minimum absolute atomic E-state index is 0.0513. The van der Waals surface area contributed by atoms with E-state index >= 15 is 0 Å². The molecule has 0 saturated heterocycles. The predicted molar refractivity (Wildman–Crippen MR) is 37.4 cm³/mol. The molecule has 0 saturated carbocycles. The maximum Gasteiger partial charge on any atom is 0.166 e. The molecule has 0 heterocycles. The van der Waals surface area contributed by atoms with Crippen molar-refractivity contribution in [3.8, 4) is 0 Å². The summed E-state index contributed by atoms with van der Waals surface area (Å²) in [7, 11) is 0. The topological polar surface area (TPSA) is 60.2 Å². The van der Waals surface area contributed by atoms with Crippen LogP contribution in [0.5, 0.6) is 0 Å². The van der Waals surface area contributed by atoms with E-state index in [0.29, 0.717) is 6.29 Å². The van der Waals surface area contributed by atoms with Crippen LogP contribution in [0, 0.1) is 0 Å². The van der Waals surface area contributed by atoms with Gasteiger partial charge in [-0.2, -0.15) is 0 Å². The van der Waals surface area contributed by atoms with Gasteiger partial charge < -0.3 is 10.5 Å². The van der Waals surface area contributed by atoms with Crippen molar-refractivity contribution in [2.24, 2.45) is 5.73 Å². The Morgan fingerprint density at radius 1 is 1.89 bits per heavy atom. The number of Topliss-reactive ketones (excluding diaryl/α,β-unsaturated/α-hetero) is 1. The summed E-state index contributed by atoms with van der Waals surface area (Å²) in [5, 5.41) is -0.560. The Morgan fingerprint density at radius 2 is 2.44 bits per heavy atom. The number of aldehydes is 1. The van der Waals surface area contributed by atoms with Crippen LogP contribution in [0.3, 0.4) is 0 Å². The van der Waals surface area contributed by atoms with Crippen LogP contribution in [0.25, 0.3) is 0 Å². The standard InChI is InChI=1S/C5H9NO2S/c1-9-5(3-7)4(8)2-6/h3,5H,2,6H2,1H3. The number of hydrogen-bond acceptors (Lipinski definition) is 4. The van der Waals surface area contributed by atoms with Gasteiger partial charge in [-0.15, -0.1) is 11.8 Å². The van der Waals surface area contributed by atoms with Crippen molar-refractivity contribution in [3.05, 3.63) is 0 Å². The van der Waals surface area contributed by atoms with Crippen LogP contribution in [0.2, 0.25) is 0 Å². The first-order chi connectivity index (χ1) is 4.26. The molecule has 0 amide bonds. The number of hydrogen-bond donors (Lipinski definition) is 1. The molecule has 9 heavy (non-hydrogen) atoms. The van der Waals surface area contributed by atoms with Gasteiger partial charge in [0.05, 0.1) is 6.54 Å². The highest BCUT2D eigenvalue weighted by atomic mass is 32.2. The number of ketones is 1. The summed E-state index contributed by atoms with van der Waals surface area (Å²) in [6.45, 7) is -0.0513. The summed E-state index contributed by atoms with van der Waals surface area (Å²) in [6, 6.07) is 0. The van der Waals surface area contributed by atoms with Gasteiger partial charge in [-0.1, -0.05) is 0 Å². The number of thioether (sulfide) groups is 1. The second-order valence-electron chi connectivity index (χ2n) is 1.46. The fourth-order valence-electron chi connectivity index (χ4n) is 0.379. The highest BCUT2D eigenvalue weighted by Crippen LogP contribution is 2.02. The predicted octanol–water partition coefficient (Wildman–Crippen LogP) is -0.555. The molecule has 1 atom stereocenters. The molecule has 0 fully saturated rings. The van der Waals surface area contributed by atoms with Crippen LogP contribution in [0.15, 0.2) is 0 Å². The van der Waals surface area contributed by atoms with Crippen molar-refractivity contribution in [3.63, 3.8) is 0 Å². The fraction of sp³-hybridized carbons (Fsp3) is 0.600. The number of nitrogens with two attached hydrogens (primary N) is 1. The molecule has 0 aromatic rings. The van der Waals surface area contributed by atoms with Gasteiger partial charge in [0, 0.05) is 0 Å². The monoisotopic (exact) mass is 147 g/mol. The number of rotatable bonds is 4. The van der Waals surface area contributed by atoms with Gasteiger partial charge in [-0.25, -0.2) is 0 Å². The van der Waals surface area contributed by atoms with E-state index < -0.39 is 5.25 Å². The molecular weight excluding hydrogens is 138 g/mol. The third-order valence-electron chi connectivity index (χ3n) is 0.896. The average molecular weight is 147 g/mol. The third kappa shape index (κ3) is 2.62. The SMILES string of the molecule is CSC(C=O)C(=O)CN. The second-order valence-corrected chi connectivity index (χ2v) is 2.44. The Morgan fingerprint density at radius 3 is 2.56 bits per heavy atom. The summed E-state index contributed by atoms with van der Waals surface area (Å²) in [5.74, 6) is -0.211. The van der Waals surface area contributed by atoms with Crippen LogP contribution in [-0.2, 0) is 9.59 Å². The Labute approximate surface area is 58.0 Å². The highest BCUT2D eigenvalue weighted by molar-refractivity contribution is 8.00. The molecule has 3 nitrogen and oxygen atoms in total. The molecule has 0 rings (SSSR count). The van der Waals surface area contributed by atoms with E-state index in [-0.39, 0.29) is 12.3 Å². The normalized spacial score (nSPS) is 12.7. The molecule has 0 spiro atoms. The van der Waals surface area contributed by atoms with Crippen LogP contribution < -0.4 is 5.73 Å². The summed E-state index contributed by atoms with van der Waals surface area (Å²) >= 11 is 1.20. The molecular formula is C5H9NO2S. The van der Waals surface area contributed by atoms with Gasteiger partial charge in [-0.3, -0.25) is 4.79 Å². The lowest BCUT2D eigenvalue weighted by atomic mass is 10.3. The Kier molecular flexibility index (Phi) is 4.35. The zero-order valence-corrected chi connectivity index (χ0v) is 5.98. The van der Waals surface area contributed by atoms with Gasteiger partial charge in [0.1, 0.15) is 11.5 Å². The molecule has 1 unspecified atom stereocenters. The van der Waals surface area contributed by atoms with E-state index in [2.05, 4.69) is 0 Å². The molecule has 0 aliphatic rings. The molecule has 52 valence electrons. The van der Waals surface area contributed by atoms with Crippen molar-refractivity contribution in [1.29, 1.82) is 0 Å². The second kappa shape index (κ2) is 4.52. The lowest BCUT2D eigenvalue weighted by molar-refractivity contribution is -0.120. The summed E-state index contributed by atoms with van der Waals surface area (Å²) in [6.07, 6.45) is 2.31. The summed E-state index contributed by atoms with van der Waals surface area (Å²) in [5.41, 5.74) is 5.00. The molecule has 0 aromatic heterocycles. The van der Waals surface area contributed by atoms with Crippen molar-refractivity contribution >= 4 is 23.8 Å². The van der Waals surface area contributed by atoms with Crippen LogP contribution >= 0.6 is 11.8 Å². The summed E-state index contributed by atoms with van der Waals surface area (Å²) < 4.78 is 0. The van der Waals surface area contributed by atoms with E-state index in [4.69, 9.17) is 5.73 Å². The van der Waals surface area contributed by atoms with E-state index in [1.807, 2.05) is 0 Å². The zero-order chi connectivity index (χ0) is 7.28. The maximum absolute atomic E-state index is 10.6. The molecule has 0 aliphatic heterocycles. The van der Waals surface area contributed by atoms with Gasteiger partial charge in [0.25, 0.3) is 0 Å². The van der Waals surface area contributed by atoms with Crippen LogP contribution in [0.4, 0.5) is 0 Å². The van der Waals surface area contributed by atoms with E-state index in [1.165, 1.54) is 11.8 Å². The van der Waals surface area contributed by atoms with E-state index in [1.54, 1.807) is 6.26 Å². The van der Waals surface area contributed by atoms with E-state index in [9.17, 15) is 9.59 Å². The third-order valence-corrected chi connectivity index (χ3v) is 1.78. The first kappa shape index (κ1) is 8.65. The minimum atomic E-state index is -0.560. The van der Waals surface area contributed by atoms with Gasteiger partial charge in [0.15, 0.2) is 5.78 Å². The van der Waals surface area contributed by atoms with Crippen LogP contribution in [0.1, 0.15) is 0 Å². The van der Waals surface area contributed by atoms with Gasteiger partial charge in [0.2, 0.25) is 0 Å². The lowest BCUT2D eigenvalue weighted by Gasteiger charge is -2.00. The van der Waals surface area contributed by atoms with Gasteiger partial charge >= 0.3 is 0 Å². The fourth-order valence-corrected chi connectivity index (χ4v) is 0.849. The molecule has 2 N–H and O–H groups in total. The Balaban J connectivity index is 3.78.